The maximum Gasteiger partial charge on any atom is 0.152 e. The van der Waals surface area contributed by atoms with E-state index in [9.17, 15) is 4.79 Å². The third-order valence-corrected chi connectivity index (χ3v) is 3.78. The lowest BCUT2D eigenvalue weighted by Crippen LogP contribution is -1.97. The van der Waals surface area contributed by atoms with Crippen molar-refractivity contribution < 1.29 is 9.32 Å². The molecular formula is C16H14NO2P. The molecule has 2 aromatic carbocycles. The molecule has 0 saturated heterocycles. The van der Waals surface area contributed by atoms with Gasteiger partial charge in [0.1, 0.15) is 5.75 Å². The van der Waals surface area contributed by atoms with Crippen molar-refractivity contribution in [1.29, 1.82) is 0 Å². The van der Waals surface area contributed by atoms with E-state index < -0.39 is 0 Å². The standard InChI is InChI=1S/C16H14NO2P/c1-11-15(10-18)14-4-2-3-5-16(14)17(11)12-6-8-13(19-20)9-7-12/h2-10H,20H2,1H3. The Bertz CT molecular complexity index is 775. The maximum absolute atomic E-state index is 11.4. The quantitative estimate of drug-likeness (QED) is 0.539. The summed E-state index contributed by atoms with van der Waals surface area (Å²) in [5, 5.41) is 0.978. The Morgan fingerprint density at radius 2 is 1.80 bits per heavy atom. The molecule has 3 aromatic rings. The number of nitrogens with zero attached hydrogens (tertiary/aromatic N) is 1. The van der Waals surface area contributed by atoms with Gasteiger partial charge in [-0.3, -0.25) is 4.79 Å². The van der Waals surface area contributed by atoms with Crippen LogP contribution in [0.15, 0.2) is 48.5 Å². The first-order valence-corrected chi connectivity index (χ1v) is 6.76. The minimum Gasteiger partial charge on any atom is -0.480 e. The predicted octanol–water partition coefficient (Wildman–Crippen LogP) is 3.92. The van der Waals surface area contributed by atoms with E-state index in [1.807, 2.05) is 55.5 Å². The molecule has 0 saturated carbocycles. The summed E-state index contributed by atoms with van der Waals surface area (Å²) < 4.78 is 7.19. The number of para-hydroxylation sites is 1. The molecule has 1 heterocycles. The van der Waals surface area contributed by atoms with E-state index in [0.29, 0.717) is 0 Å². The molecule has 0 amide bonds. The molecule has 1 unspecified atom stereocenters. The van der Waals surface area contributed by atoms with Gasteiger partial charge in [-0.15, -0.1) is 0 Å². The molecule has 0 radical (unpaired) electrons. The SMILES string of the molecule is Cc1c(C=O)c2ccccc2n1-c1ccc(OP)cc1. The Hall–Kier alpha value is -2.12. The number of fused-ring (bicyclic) bond motifs is 1. The van der Waals surface area contributed by atoms with Gasteiger partial charge in [-0.2, -0.15) is 0 Å². The monoisotopic (exact) mass is 283 g/mol. The Labute approximate surface area is 119 Å². The van der Waals surface area contributed by atoms with Gasteiger partial charge in [0.25, 0.3) is 0 Å². The van der Waals surface area contributed by atoms with Crippen molar-refractivity contribution in [2.45, 2.75) is 6.92 Å². The van der Waals surface area contributed by atoms with Crippen LogP contribution in [-0.2, 0) is 0 Å². The Kier molecular flexibility index (Phi) is 3.29. The zero-order valence-corrected chi connectivity index (χ0v) is 12.2. The second-order valence-corrected chi connectivity index (χ2v) is 4.82. The number of carbonyl (C=O) groups excluding carboxylic acids is 1. The van der Waals surface area contributed by atoms with Crippen LogP contribution < -0.4 is 4.52 Å². The first-order chi connectivity index (χ1) is 9.76. The normalized spacial score (nSPS) is 10.7. The van der Waals surface area contributed by atoms with Crippen LogP contribution >= 0.6 is 9.47 Å². The van der Waals surface area contributed by atoms with Gasteiger partial charge in [0.15, 0.2) is 6.29 Å². The number of hydrogen-bond donors (Lipinski definition) is 0. The third-order valence-electron chi connectivity index (χ3n) is 3.51. The van der Waals surface area contributed by atoms with Gasteiger partial charge in [0, 0.05) is 22.3 Å². The fourth-order valence-electron chi connectivity index (χ4n) is 2.55. The molecule has 3 rings (SSSR count). The zero-order valence-electron chi connectivity index (χ0n) is 11.0. The summed E-state index contributed by atoms with van der Waals surface area (Å²) in [6.07, 6.45) is 0.925. The Morgan fingerprint density at radius 3 is 2.45 bits per heavy atom. The zero-order chi connectivity index (χ0) is 14.1. The molecule has 0 spiro atoms. The van der Waals surface area contributed by atoms with E-state index in [1.165, 1.54) is 0 Å². The number of carbonyl (C=O) groups is 1. The van der Waals surface area contributed by atoms with Gasteiger partial charge in [0.05, 0.1) is 15.0 Å². The predicted molar refractivity (Wildman–Crippen MR) is 83.7 cm³/mol. The van der Waals surface area contributed by atoms with Crippen LogP contribution in [0.1, 0.15) is 16.1 Å². The van der Waals surface area contributed by atoms with Gasteiger partial charge < -0.3 is 9.09 Å². The Morgan fingerprint density at radius 1 is 1.10 bits per heavy atom. The number of benzene rings is 2. The smallest absolute Gasteiger partial charge is 0.152 e. The topological polar surface area (TPSA) is 31.2 Å². The van der Waals surface area contributed by atoms with Gasteiger partial charge in [0.2, 0.25) is 0 Å². The molecule has 0 aliphatic carbocycles. The lowest BCUT2D eigenvalue weighted by molar-refractivity contribution is 0.112. The highest BCUT2D eigenvalue weighted by Crippen LogP contribution is 2.28. The van der Waals surface area contributed by atoms with Gasteiger partial charge in [-0.25, -0.2) is 0 Å². The van der Waals surface area contributed by atoms with E-state index in [4.69, 9.17) is 4.52 Å². The second-order valence-electron chi connectivity index (χ2n) is 4.58. The van der Waals surface area contributed by atoms with Crippen LogP contribution in [0.2, 0.25) is 0 Å². The summed E-state index contributed by atoms with van der Waals surface area (Å²) in [5.74, 6) is 0.781. The summed E-state index contributed by atoms with van der Waals surface area (Å²) in [4.78, 5) is 11.4. The fraction of sp³-hybridized carbons (Fsp3) is 0.0625. The lowest BCUT2D eigenvalue weighted by atomic mass is 10.1. The first kappa shape index (κ1) is 12.9. The van der Waals surface area contributed by atoms with Gasteiger partial charge in [-0.1, -0.05) is 18.2 Å². The molecule has 1 atom stereocenters. The van der Waals surface area contributed by atoms with E-state index in [1.54, 1.807) is 0 Å². The average Bonchev–Trinajstić information content (AvgIpc) is 2.79. The fourth-order valence-corrected chi connectivity index (χ4v) is 2.70. The number of aldehydes is 1. The first-order valence-electron chi connectivity index (χ1n) is 6.28. The van der Waals surface area contributed by atoms with Crippen molar-refractivity contribution >= 4 is 26.7 Å². The van der Waals surface area contributed by atoms with Crippen LogP contribution in [0.4, 0.5) is 0 Å². The molecule has 0 aliphatic rings. The van der Waals surface area contributed by atoms with E-state index in [2.05, 4.69) is 14.0 Å². The maximum atomic E-state index is 11.4. The van der Waals surface area contributed by atoms with Crippen LogP contribution in [0.3, 0.4) is 0 Å². The van der Waals surface area contributed by atoms with Crippen molar-refractivity contribution in [2.24, 2.45) is 0 Å². The van der Waals surface area contributed by atoms with E-state index in [-0.39, 0.29) is 0 Å². The summed E-state index contributed by atoms with van der Waals surface area (Å²) >= 11 is 0. The van der Waals surface area contributed by atoms with Crippen molar-refractivity contribution in [1.82, 2.24) is 4.57 Å². The summed E-state index contributed by atoms with van der Waals surface area (Å²) in [6.45, 7) is 1.96. The largest absolute Gasteiger partial charge is 0.480 e. The number of aromatic nitrogens is 1. The molecule has 0 N–H and O–H groups in total. The number of rotatable bonds is 3. The minimum atomic E-state index is 0.743. The van der Waals surface area contributed by atoms with Crippen molar-refractivity contribution in [2.75, 3.05) is 0 Å². The highest BCUT2D eigenvalue weighted by Gasteiger charge is 2.14. The summed E-state index contributed by atoms with van der Waals surface area (Å²) in [7, 11) is 2.23. The molecule has 1 aromatic heterocycles. The molecule has 0 fully saturated rings. The molecule has 3 nitrogen and oxygen atoms in total. The number of hydrogen-bond acceptors (Lipinski definition) is 2. The average molecular weight is 283 g/mol. The summed E-state index contributed by atoms with van der Waals surface area (Å²) in [5.41, 5.74) is 3.73. The highest BCUT2D eigenvalue weighted by molar-refractivity contribution is 7.10. The van der Waals surface area contributed by atoms with Crippen LogP contribution in [0, 0.1) is 6.92 Å². The van der Waals surface area contributed by atoms with Crippen LogP contribution in [0.5, 0.6) is 5.75 Å². The van der Waals surface area contributed by atoms with Crippen molar-refractivity contribution in [3.05, 3.63) is 59.8 Å². The summed E-state index contributed by atoms with van der Waals surface area (Å²) in [6, 6.07) is 15.7. The van der Waals surface area contributed by atoms with Gasteiger partial charge in [-0.05, 0) is 37.3 Å². The van der Waals surface area contributed by atoms with E-state index in [0.717, 1.165) is 39.9 Å². The van der Waals surface area contributed by atoms with E-state index >= 15 is 0 Å². The lowest BCUT2D eigenvalue weighted by Gasteiger charge is -2.09. The van der Waals surface area contributed by atoms with Crippen LogP contribution in [0.25, 0.3) is 16.6 Å². The van der Waals surface area contributed by atoms with Crippen molar-refractivity contribution in [3.63, 3.8) is 0 Å². The van der Waals surface area contributed by atoms with Crippen LogP contribution in [-0.4, -0.2) is 10.9 Å². The highest BCUT2D eigenvalue weighted by atomic mass is 31.0. The minimum absolute atomic E-state index is 0.743. The molecule has 100 valence electrons. The third kappa shape index (κ3) is 1.91. The molecule has 0 aliphatic heterocycles. The molecule has 0 bridgehead atoms. The van der Waals surface area contributed by atoms with Crippen molar-refractivity contribution in [3.8, 4) is 11.4 Å². The molecule has 20 heavy (non-hydrogen) atoms. The second kappa shape index (κ2) is 5.10. The Balaban J connectivity index is 2.29. The molecular weight excluding hydrogens is 269 g/mol. The molecule has 4 heteroatoms. The van der Waals surface area contributed by atoms with Gasteiger partial charge >= 0.3 is 0 Å².